The highest BCUT2D eigenvalue weighted by molar-refractivity contribution is 5.20. The van der Waals surface area contributed by atoms with Crippen LogP contribution in [0.15, 0.2) is 18.3 Å². The van der Waals surface area contributed by atoms with Crippen molar-refractivity contribution >= 4 is 0 Å². The molecule has 0 saturated carbocycles. The number of ether oxygens (including phenoxy) is 1. The molecule has 0 radical (unpaired) electrons. The molecule has 1 aromatic rings. The molecule has 0 bridgehead atoms. The molecule has 0 aliphatic carbocycles. The lowest BCUT2D eigenvalue weighted by Crippen LogP contribution is -2.12. The second-order valence-corrected chi connectivity index (χ2v) is 3.45. The summed E-state index contributed by atoms with van der Waals surface area (Å²) in [7, 11) is 0. The van der Waals surface area contributed by atoms with E-state index in [0.29, 0.717) is 5.88 Å². The first-order chi connectivity index (χ1) is 6.72. The summed E-state index contributed by atoms with van der Waals surface area (Å²) in [5.74, 6) is 0.704. The normalized spacial score (nSPS) is 10.6. The third-order valence-corrected chi connectivity index (χ3v) is 1.73. The first-order valence-electron chi connectivity index (χ1n) is 5.04. The smallest absolute Gasteiger partial charge is 0.213 e. The predicted octanol–water partition coefficient (Wildman–Crippen LogP) is 1.98. The summed E-state index contributed by atoms with van der Waals surface area (Å²) in [6.45, 7) is 7.93. The van der Waals surface area contributed by atoms with Crippen LogP contribution in [-0.2, 0) is 6.54 Å². The zero-order valence-corrected chi connectivity index (χ0v) is 9.08. The van der Waals surface area contributed by atoms with Crippen LogP contribution in [0, 0.1) is 0 Å². The minimum Gasteiger partial charge on any atom is -0.475 e. The van der Waals surface area contributed by atoms with Crippen LogP contribution in [0.3, 0.4) is 0 Å². The standard InChI is InChI=1S/C11H18N2O/c1-4-12-8-10-5-6-13-11(7-10)14-9(2)3/h5-7,9,12H,4,8H2,1-3H3. The summed E-state index contributed by atoms with van der Waals surface area (Å²) >= 11 is 0. The molecule has 3 nitrogen and oxygen atoms in total. The van der Waals surface area contributed by atoms with Gasteiger partial charge in [0.25, 0.3) is 0 Å². The summed E-state index contributed by atoms with van der Waals surface area (Å²) in [4.78, 5) is 4.14. The Morgan fingerprint density at radius 2 is 2.29 bits per heavy atom. The highest BCUT2D eigenvalue weighted by Crippen LogP contribution is 2.10. The van der Waals surface area contributed by atoms with Gasteiger partial charge >= 0.3 is 0 Å². The Morgan fingerprint density at radius 3 is 2.93 bits per heavy atom. The lowest BCUT2D eigenvalue weighted by molar-refractivity contribution is 0.232. The second-order valence-electron chi connectivity index (χ2n) is 3.45. The Balaban J connectivity index is 2.59. The molecule has 1 aromatic heterocycles. The summed E-state index contributed by atoms with van der Waals surface area (Å²) in [5.41, 5.74) is 1.21. The van der Waals surface area contributed by atoms with E-state index in [-0.39, 0.29) is 6.10 Å². The Bertz CT molecular complexity index is 274. The van der Waals surface area contributed by atoms with Crippen LogP contribution in [-0.4, -0.2) is 17.6 Å². The van der Waals surface area contributed by atoms with Gasteiger partial charge in [-0.3, -0.25) is 0 Å². The minimum absolute atomic E-state index is 0.178. The van der Waals surface area contributed by atoms with Crippen molar-refractivity contribution in [2.24, 2.45) is 0 Å². The van der Waals surface area contributed by atoms with Crippen molar-refractivity contribution in [3.63, 3.8) is 0 Å². The van der Waals surface area contributed by atoms with E-state index >= 15 is 0 Å². The maximum absolute atomic E-state index is 5.50. The van der Waals surface area contributed by atoms with Crippen LogP contribution < -0.4 is 10.1 Å². The van der Waals surface area contributed by atoms with Gasteiger partial charge in [-0.25, -0.2) is 4.98 Å². The van der Waals surface area contributed by atoms with E-state index in [1.807, 2.05) is 26.0 Å². The molecule has 0 unspecified atom stereocenters. The maximum Gasteiger partial charge on any atom is 0.213 e. The van der Waals surface area contributed by atoms with Gasteiger partial charge in [0.05, 0.1) is 6.10 Å². The van der Waals surface area contributed by atoms with Crippen LogP contribution in [0.1, 0.15) is 26.3 Å². The van der Waals surface area contributed by atoms with Crippen molar-refractivity contribution in [3.05, 3.63) is 23.9 Å². The molecule has 0 atom stereocenters. The molecule has 0 saturated heterocycles. The van der Waals surface area contributed by atoms with Gasteiger partial charge < -0.3 is 10.1 Å². The third-order valence-electron chi connectivity index (χ3n) is 1.73. The number of hydrogen-bond donors (Lipinski definition) is 1. The fourth-order valence-electron chi connectivity index (χ4n) is 1.14. The highest BCUT2D eigenvalue weighted by atomic mass is 16.5. The van der Waals surface area contributed by atoms with Crippen molar-refractivity contribution in [2.75, 3.05) is 6.54 Å². The predicted molar refractivity (Wildman–Crippen MR) is 57.4 cm³/mol. The number of aromatic nitrogens is 1. The quantitative estimate of drug-likeness (QED) is 0.778. The largest absolute Gasteiger partial charge is 0.475 e. The van der Waals surface area contributed by atoms with Crippen LogP contribution in [0.5, 0.6) is 5.88 Å². The Morgan fingerprint density at radius 1 is 1.50 bits per heavy atom. The fourth-order valence-corrected chi connectivity index (χ4v) is 1.14. The average Bonchev–Trinajstić information content (AvgIpc) is 2.14. The molecule has 0 spiro atoms. The van der Waals surface area contributed by atoms with E-state index in [0.717, 1.165) is 13.1 Å². The third kappa shape index (κ3) is 3.75. The van der Waals surface area contributed by atoms with Crippen LogP contribution in [0.4, 0.5) is 0 Å². The highest BCUT2D eigenvalue weighted by Gasteiger charge is 1.99. The molecule has 0 aliphatic heterocycles. The van der Waals surface area contributed by atoms with Gasteiger partial charge in [0.2, 0.25) is 5.88 Å². The molecule has 1 heterocycles. The van der Waals surface area contributed by atoms with Crippen molar-refractivity contribution < 1.29 is 4.74 Å². The van der Waals surface area contributed by atoms with Gasteiger partial charge in [0.1, 0.15) is 0 Å². The summed E-state index contributed by atoms with van der Waals surface area (Å²) in [6, 6.07) is 3.97. The molecule has 0 aromatic carbocycles. The van der Waals surface area contributed by atoms with Gasteiger partial charge in [-0.1, -0.05) is 6.92 Å². The average molecular weight is 194 g/mol. The van der Waals surface area contributed by atoms with Crippen LogP contribution in [0.2, 0.25) is 0 Å². The Hall–Kier alpha value is -1.09. The Labute approximate surface area is 85.5 Å². The maximum atomic E-state index is 5.50. The van der Waals surface area contributed by atoms with E-state index in [9.17, 15) is 0 Å². The molecule has 1 rings (SSSR count). The number of hydrogen-bond acceptors (Lipinski definition) is 3. The first kappa shape index (κ1) is 11.0. The lowest BCUT2D eigenvalue weighted by Gasteiger charge is -2.09. The van der Waals surface area contributed by atoms with E-state index in [1.54, 1.807) is 6.20 Å². The summed E-state index contributed by atoms with van der Waals surface area (Å²) < 4.78 is 5.50. The fraction of sp³-hybridized carbons (Fsp3) is 0.545. The van der Waals surface area contributed by atoms with E-state index in [4.69, 9.17) is 4.74 Å². The van der Waals surface area contributed by atoms with Crippen molar-refractivity contribution in [1.82, 2.24) is 10.3 Å². The minimum atomic E-state index is 0.178. The number of nitrogens with zero attached hydrogens (tertiary/aromatic N) is 1. The van der Waals surface area contributed by atoms with Crippen molar-refractivity contribution in [3.8, 4) is 5.88 Å². The van der Waals surface area contributed by atoms with Crippen molar-refractivity contribution in [1.29, 1.82) is 0 Å². The molecule has 14 heavy (non-hydrogen) atoms. The second kappa shape index (κ2) is 5.60. The molecule has 1 N–H and O–H groups in total. The van der Waals surface area contributed by atoms with E-state index in [2.05, 4.69) is 17.2 Å². The molecule has 3 heteroatoms. The van der Waals surface area contributed by atoms with Crippen molar-refractivity contribution in [2.45, 2.75) is 33.4 Å². The van der Waals surface area contributed by atoms with Crippen LogP contribution in [0.25, 0.3) is 0 Å². The van der Waals surface area contributed by atoms with Gasteiger partial charge in [0, 0.05) is 18.8 Å². The summed E-state index contributed by atoms with van der Waals surface area (Å²) in [6.07, 6.45) is 1.96. The zero-order chi connectivity index (χ0) is 10.4. The molecule has 0 aliphatic rings. The monoisotopic (exact) mass is 194 g/mol. The van der Waals surface area contributed by atoms with E-state index < -0.39 is 0 Å². The zero-order valence-electron chi connectivity index (χ0n) is 9.08. The number of rotatable bonds is 5. The first-order valence-corrected chi connectivity index (χ1v) is 5.04. The SMILES string of the molecule is CCNCc1ccnc(OC(C)C)c1. The van der Waals surface area contributed by atoms with Gasteiger partial charge in [-0.15, -0.1) is 0 Å². The van der Waals surface area contributed by atoms with Gasteiger partial charge in [-0.05, 0) is 32.0 Å². The lowest BCUT2D eigenvalue weighted by atomic mass is 10.2. The number of pyridine rings is 1. The van der Waals surface area contributed by atoms with E-state index in [1.165, 1.54) is 5.56 Å². The molecular weight excluding hydrogens is 176 g/mol. The number of nitrogens with one attached hydrogen (secondary N) is 1. The summed E-state index contributed by atoms with van der Waals surface area (Å²) in [5, 5.41) is 3.26. The topological polar surface area (TPSA) is 34.2 Å². The molecule has 0 amide bonds. The van der Waals surface area contributed by atoms with Gasteiger partial charge in [0.15, 0.2) is 0 Å². The Kier molecular flexibility index (Phi) is 4.40. The molecular formula is C11H18N2O. The van der Waals surface area contributed by atoms with Crippen LogP contribution >= 0.6 is 0 Å². The van der Waals surface area contributed by atoms with Gasteiger partial charge in [-0.2, -0.15) is 0 Å². The molecule has 0 fully saturated rings. The molecule has 78 valence electrons.